The van der Waals surface area contributed by atoms with Crippen molar-refractivity contribution >= 4 is 11.8 Å². The van der Waals surface area contributed by atoms with Crippen molar-refractivity contribution in [1.82, 2.24) is 5.32 Å². The molecule has 0 aliphatic carbocycles. The highest BCUT2D eigenvalue weighted by Crippen LogP contribution is 2.29. The van der Waals surface area contributed by atoms with Gasteiger partial charge in [-0.25, -0.2) is 0 Å². The highest BCUT2D eigenvalue weighted by Gasteiger charge is 2.15. The van der Waals surface area contributed by atoms with Crippen LogP contribution in [0.15, 0.2) is 29.2 Å². The van der Waals surface area contributed by atoms with E-state index in [0.29, 0.717) is 12.0 Å². The Morgan fingerprint density at radius 2 is 1.86 bits per heavy atom. The molecule has 14 heavy (non-hydrogen) atoms. The van der Waals surface area contributed by atoms with Crippen molar-refractivity contribution in [1.29, 1.82) is 0 Å². The third-order valence-corrected chi connectivity index (χ3v) is 3.26. The van der Waals surface area contributed by atoms with Gasteiger partial charge in [0.2, 0.25) is 0 Å². The Morgan fingerprint density at radius 1 is 1.21 bits per heavy atom. The average molecular weight is 209 g/mol. The SMILES string of the molecule is CNC(c1ccccc1SC)C(C)C. The Morgan fingerprint density at radius 3 is 2.36 bits per heavy atom. The van der Waals surface area contributed by atoms with Crippen LogP contribution in [0.5, 0.6) is 0 Å². The second-order valence-electron chi connectivity index (χ2n) is 3.75. The van der Waals surface area contributed by atoms with E-state index in [2.05, 4.69) is 49.7 Å². The summed E-state index contributed by atoms with van der Waals surface area (Å²) in [7, 11) is 2.03. The molecule has 1 rings (SSSR count). The Labute approximate surface area is 91.3 Å². The van der Waals surface area contributed by atoms with Gasteiger partial charge in [0.15, 0.2) is 0 Å². The fourth-order valence-corrected chi connectivity index (χ4v) is 2.42. The molecule has 0 fully saturated rings. The molecule has 1 aromatic rings. The topological polar surface area (TPSA) is 12.0 Å². The van der Waals surface area contributed by atoms with Crippen LogP contribution in [0.4, 0.5) is 0 Å². The van der Waals surface area contributed by atoms with Gasteiger partial charge in [0.1, 0.15) is 0 Å². The van der Waals surface area contributed by atoms with Crippen molar-refractivity contribution < 1.29 is 0 Å². The quantitative estimate of drug-likeness (QED) is 0.763. The normalized spacial score (nSPS) is 13.2. The first-order chi connectivity index (χ1) is 6.70. The molecule has 0 radical (unpaired) electrons. The van der Waals surface area contributed by atoms with E-state index in [1.54, 1.807) is 0 Å². The van der Waals surface area contributed by atoms with Gasteiger partial charge in [-0.1, -0.05) is 32.0 Å². The van der Waals surface area contributed by atoms with Crippen molar-refractivity contribution in [2.24, 2.45) is 5.92 Å². The van der Waals surface area contributed by atoms with Crippen LogP contribution in [-0.4, -0.2) is 13.3 Å². The van der Waals surface area contributed by atoms with Crippen LogP contribution < -0.4 is 5.32 Å². The van der Waals surface area contributed by atoms with Crippen LogP contribution >= 0.6 is 11.8 Å². The minimum Gasteiger partial charge on any atom is -0.313 e. The number of benzene rings is 1. The Hall–Kier alpha value is -0.470. The highest BCUT2D eigenvalue weighted by molar-refractivity contribution is 7.98. The summed E-state index contributed by atoms with van der Waals surface area (Å²) >= 11 is 1.82. The summed E-state index contributed by atoms with van der Waals surface area (Å²) in [6.07, 6.45) is 2.13. The summed E-state index contributed by atoms with van der Waals surface area (Å²) < 4.78 is 0. The lowest BCUT2D eigenvalue weighted by atomic mass is 9.96. The number of rotatable bonds is 4. The molecule has 1 aromatic carbocycles. The maximum Gasteiger partial charge on any atom is 0.0352 e. The minimum absolute atomic E-state index is 0.457. The fourth-order valence-electron chi connectivity index (χ4n) is 1.77. The van der Waals surface area contributed by atoms with E-state index in [9.17, 15) is 0 Å². The molecule has 1 nitrogen and oxygen atoms in total. The largest absolute Gasteiger partial charge is 0.313 e. The Kier molecular flexibility index (Phi) is 4.49. The molecule has 0 saturated carbocycles. The number of nitrogens with one attached hydrogen (secondary N) is 1. The molecule has 0 amide bonds. The van der Waals surface area contributed by atoms with E-state index >= 15 is 0 Å². The summed E-state index contributed by atoms with van der Waals surface area (Å²) in [6.45, 7) is 4.50. The number of hydrogen-bond acceptors (Lipinski definition) is 2. The molecular weight excluding hydrogens is 190 g/mol. The first kappa shape index (κ1) is 11.6. The summed E-state index contributed by atoms with van der Waals surface area (Å²) in [6, 6.07) is 9.07. The molecule has 0 bridgehead atoms. The molecule has 2 heteroatoms. The van der Waals surface area contributed by atoms with Crippen molar-refractivity contribution in [3.8, 4) is 0 Å². The van der Waals surface area contributed by atoms with Crippen molar-refractivity contribution in [2.75, 3.05) is 13.3 Å². The van der Waals surface area contributed by atoms with E-state index in [1.165, 1.54) is 10.5 Å². The van der Waals surface area contributed by atoms with Gasteiger partial charge in [0, 0.05) is 10.9 Å². The van der Waals surface area contributed by atoms with E-state index in [4.69, 9.17) is 0 Å². The van der Waals surface area contributed by atoms with Crippen molar-refractivity contribution in [2.45, 2.75) is 24.8 Å². The molecule has 0 heterocycles. The summed E-state index contributed by atoms with van der Waals surface area (Å²) in [5.41, 5.74) is 1.41. The van der Waals surface area contributed by atoms with E-state index < -0.39 is 0 Å². The third kappa shape index (κ3) is 2.52. The second-order valence-corrected chi connectivity index (χ2v) is 4.60. The predicted octanol–water partition coefficient (Wildman–Crippen LogP) is 3.33. The van der Waals surface area contributed by atoms with Crippen LogP contribution in [0.2, 0.25) is 0 Å². The summed E-state index contributed by atoms with van der Waals surface area (Å²) in [5, 5.41) is 3.38. The van der Waals surface area contributed by atoms with Gasteiger partial charge in [-0.2, -0.15) is 0 Å². The number of hydrogen-bond donors (Lipinski definition) is 1. The van der Waals surface area contributed by atoms with Crippen molar-refractivity contribution in [3.63, 3.8) is 0 Å². The van der Waals surface area contributed by atoms with E-state index in [1.807, 2.05) is 18.8 Å². The molecule has 1 atom stereocenters. The lowest BCUT2D eigenvalue weighted by Crippen LogP contribution is -2.22. The highest BCUT2D eigenvalue weighted by atomic mass is 32.2. The first-order valence-corrected chi connectivity index (χ1v) is 6.23. The zero-order valence-electron chi connectivity index (χ0n) is 9.37. The average Bonchev–Trinajstić information content (AvgIpc) is 2.19. The van der Waals surface area contributed by atoms with Gasteiger partial charge in [0.05, 0.1) is 0 Å². The van der Waals surface area contributed by atoms with Gasteiger partial charge < -0.3 is 5.32 Å². The summed E-state index contributed by atoms with van der Waals surface area (Å²) in [5.74, 6) is 0.619. The third-order valence-electron chi connectivity index (χ3n) is 2.45. The smallest absolute Gasteiger partial charge is 0.0352 e. The van der Waals surface area contributed by atoms with Gasteiger partial charge in [0.25, 0.3) is 0 Å². The lowest BCUT2D eigenvalue weighted by Gasteiger charge is -2.22. The molecule has 0 aliphatic heterocycles. The molecule has 1 N–H and O–H groups in total. The van der Waals surface area contributed by atoms with Crippen LogP contribution in [0, 0.1) is 5.92 Å². The zero-order valence-corrected chi connectivity index (χ0v) is 10.2. The minimum atomic E-state index is 0.457. The first-order valence-electron chi connectivity index (χ1n) is 5.01. The summed E-state index contributed by atoms with van der Waals surface area (Å²) in [4.78, 5) is 1.38. The molecule has 0 aromatic heterocycles. The lowest BCUT2D eigenvalue weighted by molar-refractivity contribution is 0.437. The molecule has 0 spiro atoms. The van der Waals surface area contributed by atoms with Gasteiger partial charge >= 0.3 is 0 Å². The van der Waals surface area contributed by atoms with Crippen molar-refractivity contribution in [3.05, 3.63) is 29.8 Å². The standard InChI is InChI=1S/C12H19NS/c1-9(2)12(13-3)10-7-5-6-8-11(10)14-4/h5-9,12-13H,1-4H3. The fraction of sp³-hybridized carbons (Fsp3) is 0.500. The van der Waals surface area contributed by atoms with Crippen LogP contribution in [-0.2, 0) is 0 Å². The Balaban J connectivity index is 3.02. The maximum absolute atomic E-state index is 3.38. The van der Waals surface area contributed by atoms with Crippen LogP contribution in [0.25, 0.3) is 0 Å². The van der Waals surface area contributed by atoms with Gasteiger partial charge in [-0.3, -0.25) is 0 Å². The molecule has 0 saturated heterocycles. The number of thioether (sulfide) groups is 1. The zero-order chi connectivity index (χ0) is 10.6. The molecule has 1 unspecified atom stereocenters. The second kappa shape index (κ2) is 5.42. The van der Waals surface area contributed by atoms with Crippen LogP contribution in [0.3, 0.4) is 0 Å². The van der Waals surface area contributed by atoms with Gasteiger partial charge in [-0.15, -0.1) is 11.8 Å². The monoisotopic (exact) mass is 209 g/mol. The molecular formula is C12H19NS. The maximum atomic E-state index is 3.38. The molecule has 0 aliphatic rings. The predicted molar refractivity (Wildman–Crippen MR) is 64.9 cm³/mol. The van der Waals surface area contributed by atoms with Gasteiger partial charge in [-0.05, 0) is 30.9 Å². The van der Waals surface area contributed by atoms with E-state index in [0.717, 1.165) is 0 Å². The molecule has 78 valence electrons. The van der Waals surface area contributed by atoms with E-state index in [-0.39, 0.29) is 0 Å². The van der Waals surface area contributed by atoms with Crippen LogP contribution in [0.1, 0.15) is 25.5 Å². The Bertz CT molecular complexity index is 283.